The minimum Gasteiger partial charge on any atom is -0.492 e. The lowest BCUT2D eigenvalue weighted by Gasteiger charge is -2.29. The molecule has 1 aromatic heterocycles. The van der Waals surface area contributed by atoms with Gasteiger partial charge in [0.25, 0.3) is 5.91 Å². The van der Waals surface area contributed by atoms with E-state index < -0.39 is 10.0 Å². The predicted molar refractivity (Wildman–Crippen MR) is 177 cm³/mol. The van der Waals surface area contributed by atoms with E-state index in [0.29, 0.717) is 11.3 Å². The number of rotatable bonds is 8. The van der Waals surface area contributed by atoms with Crippen molar-refractivity contribution in [1.82, 2.24) is 20.8 Å². The number of hydrogen-bond donors (Lipinski definition) is 5. The van der Waals surface area contributed by atoms with Crippen molar-refractivity contribution in [2.45, 2.75) is 33.1 Å². The smallest absolute Gasteiger partial charge is 0.255 e. The minimum atomic E-state index is -3.59. The summed E-state index contributed by atoms with van der Waals surface area (Å²) in [6, 6.07) is 11.2. The highest BCUT2D eigenvalue weighted by atomic mass is 32.2. The summed E-state index contributed by atoms with van der Waals surface area (Å²) >= 11 is 0. The van der Waals surface area contributed by atoms with Gasteiger partial charge in [-0.15, -0.1) is 5.53 Å². The van der Waals surface area contributed by atoms with Gasteiger partial charge < -0.3 is 30.3 Å². The summed E-state index contributed by atoms with van der Waals surface area (Å²) < 4.78 is 34.4. The molecule has 3 aromatic rings. The van der Waals surface area contributed by atoms with E-state index in [0.717, 1.165) is 60.5 Å². The lowest BCUT2D eigenvalue weighted by molar-refractivity contribution is 0.102. The lowest BCUT2D eigenvalue weighted by Crippen LogP contribution is -2.44. The zero-order valence-corrected chi connectivity index (χ0v) is 27.1. The van der Waals surface area contributed by atoms with Crippen LogP contribution in [0.2, 0.25) is 0 Å². The van der Waals surface area contributed by atoms with Crippen molar-refractivity contribution in [2.75, 3.05) is 59.5 Å². The van der Waals surface area contributed by atoms with Crippen LogP contribution >= 0.6 is 0 Å². The van der Waals surface area contributed by atoms with E-state index in [1.165, 1.54) is 12.9 Å². The summed E-state index contributed by atoms with van der Waals surface area (Å²) in [6.45, 7) is 11.9. The van der Waals surface area contributed by atoms with Crippen LogP contribution in [-0.2, 0) is 22.5 Å². The van der Waals surface area contributed by atoms with Gasteiger partial charge in [0.05, 0.1) is 36.1 Å². The lowest BCUT2D eigenvalue weighted by atomic mass is 9.86. The molecule has 0 unspecified atom stereocenters. The number of nitrogens with zero attached hydrogens (tertiary/aromatic N) is 3. The summed E-state index contributed by atoms with van der Waals surface area (Å²) in [5.74, 6) is 1.03. The van der Waals surface area contributed by atoms with Gasteiger partial charge in [0.15, 0.2) is 5.75 Å². The van der Waals surface area contributed by atoms with Crippen molar-refractivity contribution in [3.05, 3.63) is 71.0 Å². The molecule has 12 nitrogen and oxygen atoms in total. The van der Waals surface area contributed by atoms with Crippen LogP contribution in [0.15, 0.2) is 48.8 Å². The highest BCUT2D eigenvalue weighted by molar-refractivity contribution is 7.92. The Labute approximate surface area is 259 Å². The van der Waals surface area contributed by atoms with Crippen LogP contribution in [0, 0.1) is 6.92 Å². The van der Waals surface area contributed by atoms with E-state index in [1.807, 2.05) is 57.1 Å². The minimum absolute atomic E-state index is 0.227. The molecule has 236 valence electrons. The molecular formula is C31H42N8O4S. The van der Waals surface area contributed by atoms with E-state index in [2.05, 4.69) is 55.1 Å². The molecule has 5 N–H and O–H groups in total. The van der Waals surface area contributed by atoms with Crippen LogP contribution in [0.5, 0.6) is 5.75 Å². The van der Waals surface area contributed by atoms with Gasteiger partial charge in [0, 0.05) is 56.8 Å². The zero-order chi connectivity index (χ0) is 31.8. The molecule has 1 fully saturated rings. The molecule has 2 aliphatic rings. The van der Waals surface area contributed by atoms with Crippen molar-refractivity contribution in [3.8, 4) is 5.75 Å². The second-order valence-electron chi connectivity index (χ2n) is 12.3. The fourth-order valence-electron chi connectivity index (χ4n) is 5.35. The number of hydrogen-bond acceptors (Lipinski definition) is 9. The first-order valence-electron chi connectivity index (χ1n) is 14.5. The van der Waals surface area contributed by atoms with Crippen LogP contribution < -0.4 is 41.0 Å². The maximum Gasteiger partial charge on any atom is 0.255 e. The number of aryl methyl sites for hydroxylation is 2. The number of carbonyl (C=O) groups excluding carboxylic acids is 1. The Balaban J connectivity index is 1.41. The predicted octanol–water partition coefficient (Wildman–Crippen LogP) is 3.50. The number of aromatic nitrogens is 1. The van der Waals surface area contributed by atoms with E-state index >= 15 is 0 Å². The second kappa shape index (κ2) is 12.1. The molecule has 0 spiro atoms. The van der Waals surface area contributed by atoms with Crippen LogP contribution in [0.3, 0.4) is 0 Å². The Kier molecular flexibility index (Phi) is 8.56. The van der Waals surface area contributed by atoms with Gasteiger partial charge in [-0.3, -0.25) is 14.5 Å². The number of amides is 1. The molecule has 2 aliphatic heterocycles. The van der Waals surface area contributed by atoms with E-state index in [1.54, 1.807) is 12.1 Å². The normalized spacial score (nSPS) is 15.6. The van der Waals surface area contributed by atoms with Gasteiger partial charge in [0.2, 0.25) is 10.0 Å². The first-order chi connectivity index (χ1) is 20.7. The molecule has 5 rings (SSSR count). The highest BCUT2D eigenvalue weighted by Crippen LogP contribution is 2.39. The van der Waals surface area contributed by atoms with Gasteiger partial charge in [-0.05, 0) is 53.8 Å². The average molecular weight is 623 g/mol. The summed E-state index contributed by atoms with van der Waals surface area (Å²) in [4.78, 5) is 16.0. The summed E-state index contributed by atoms with van der Waals surface area (Å²) in [5, 5.41) is 8.20. The molecule has 13 heteroatoms. The third kappa shape index (κ3) is 6.79. The maximum absolute atomic E-state index is 13.6. The first-order valence-corrected chi connectivity index (χ1v) is 16.4. The van der Waals surface area contributed by atoms with E-state index in [-0.39, 0.29) is 22.8 Å². The molecule has 2 aromatic carbocycles. The zero-order valence-electron chi connectivity index (χ0n) is 26.3. The van der Waals surface area contributed by atoms with Crippen molar-refractivity contribution in [3.63, 3.8) is 0 Å². The van der Waals surface area contributed by atoms with Gasteiger partial charge in [0.1, 0.15) is 5.82 Å². The Morgan fingerprint density at radius 2 is 1.75 bits per heavy atom. The molecule has 0 radical (unpaired) electrons. The molecule has 0 saturated carbocycles. The molecule has 0 aliphatic carbocycles. The number of benzene rings is 2. The second-order valence-corrected chi connectivity index (χ2v) is 14.0. The molecule has 1 amide bonds. The molecule has 3 heterocycles. The fraction of sp³-hybridized carbons (Fsp3) is 0.387. The van der Waals surface area contributed by atoms with Crippen molar-refractivity contribution in [1.29, 1.82) is 0 Å². The summed E-state index contributed by atoms with van der Waals surface area (Å²) in [7, 11) is -0.0989. The van der Waals surface area contributed by atoms with Crippen LogP contribution in [0.1, 0.15) is 47.8 Å². The largest absolute Gasteiger partial charge is 0.492 e. The van der Waals surface area contributed by atoms with Gasteiger partial charge in [-0.2, -0.15) is 0 Å². The van der Waals surface area contributed by atoms with Crippen molar-refractivity contribution in [2.24, 2.45) is 7.05 Å². The number of nitrogens with one attached hydrogen (secondary N) is 5. The van der Waals surface area contributed by atoms with Gasteiger partial charge in [-0.1, -0.05) is 26.8 Å². The number of anilines is 4. The molecule has 44 heavy (non-hydrogen) atoms. The first kappa shape index (κ1) is 31.2. The van der Waals surface area contributed by atoms with Gasteiger partial charge >= 0.3 is 0 Å². The number of ether oxygens (including phenoxy) is 1. The van der Waals surface area contributed by atoms with Crippen molar-refractivity contribution < 1.29 is 17.9 Å². The summed E-state index contributed by atoms with van der Waals surface area (Å²) in [6.07, 6.45) is 5.15. The number of sulfonamides is 1. The Morgan fingerprint density at radius 3 is 2.41 bits per heavy atom. The highest BCUT2D eigenvalue weighted by Gasteiger charge is 2.24. The fourth-order valence-corrected chi connectivity index (χ4v) is 5.91. The monoisotopic (exact) mass is 622 g/mol. The molecule has 1 saturated heterocycles. The Bertz CT molecular complexity index is 1700. The topological polar surface area (TPSA) is 132 Å². The Hall–Kier alpha value is -4.20. The van der Waals surface area contributed by atoms with Crippen molar-refractivity contribution >= 4 is 44.5 Å². The third-order valence-electron chi connectivity index (χ3n) is 7.73. The number of hydrazine groups is 2. The number of carbonyl (C=O) groups is 1. The average Bonchev–Trinajstić information content (AvgIpc) is 3.59. The molecular weight excluding hydrogens is 580 g/mol. The molecule has 0 bridgehead atoms. The third-order valence-corrected chi connectivity index (χ3v) is 8.32. The quantitative estimate of drug-likeness (QED) is 0.256. The molecule has 0 atom stereocenters. The Morgan fingerprint density at radius 1 is 1.05 bits per heavy atom. The SMILES string of the molecule is COc1c(NC(=O)c2ccc(C)c(N3C=C(c4cc(N5CCNCC5)n(C)c4)NN3)c2)cc(C(C)(C)C)cc1NS(C)(=O)=O. The summed E-state index contributed by atoms with van der Waals surface area (Å²) in [5.41, 5.74) is 11.7. The van der Waals surface area contributed by atoms with Crippen LogP contribution in [0.25, 0.3) is 5.70 Å². The number of methoxy groups -OCH3 is 1. The van der Waals surface area contributed by atoms with Gasteiger partial charge in [-0.25, -0.2) is 8.42 Å². The standard InChI is InChI=1S/C31H42N8O4S/c1-20-8-9-21(30(40)33-24-16-23(31(2,3)4)17-25(29(24)43-6)35-44(7,41)42)14-27(20)39-19-26(34-36-39)22-15-28(37(5)18-22)38-12-10-32-11-13-38/h8-9,14-19,32,34-36H,10-13H2,1-7H3,(H,33,40). The maximum atomic E-state index is 13.6. The van der Waals surface area contributed by atoms with Crippen LogP contribution in [-0.4, -0.2) is 58.4 Å². The van der Waals surface area contributed by atoms with E-state index in [4.69, 9.17) is 4.74 Å². The number of piperazine rings is 1. The van der Waals surface area contributed by atoms with Crippen LogP contribution in [0.4, 0.5) is 22.9 Å². The van der Waals surface area contributed by atoms with E-state index in [9.17, 15) is 13.2 Å².